The molecule has 0 aliphatic heterocycles. The molecule has 3 unspecified atom stereocenters. The van der Waals surface area contributed by atoms with Crippen LogP contribution in [-0.2, 0) is 42.2 Å². The molecule has 0 saturated carbocycles. The van der Waals surface area contributed by atoms with Crippen LogP contribution in [0.5, 0.6) is 0 Å². The molecule has 76 heavy (non-hydrogen) atoms. The first-order valence-electron chi connectivity index (χ1n) is 29.1. The summed E-state index contributed by atoms with van der Waals surface area (Å²) in [5, 5.41) is 9.81. The Morgan fingerprint density at radius 3 is 1.09 bits per heavy atom. The fraction of sp³-hybridized carbons (Fsp3) is 0.609. The monoisotopic (exact) mass is 1080 g/mol. The van der Waals surface area contributed by atoms with Gasteiger partial charge in [-0.2, -0.15) is 0 Å². The summed E-state index contributed by atoms with van der Waals surface area (Å²) in [4.78, 5) is 48.6. The summed E-state index contributed by atoms with van der Waals surface area (Å²) in [5.41, 5.74) is 0. The van der Waals surface area contributed by atoms with Crippen molar-refractivity contribution in [2.75, 3.05) is 26.4 Å². The highest BCUT2D eigenvalue weighted by Crippen LogP contribution is 2.43. The van der Waals surface area contributed by atoms with E-state index >= 15 is 0 Å². The maximum Gasteiger partial charge on any atom is 0.472 e. The molecular formula is C64H103O11P. The molecular weight excluding hydrogens is 976 g/mol. The molecule has 0 aromatic heterocycles. The van der Waals surface area contributed by atoms with Gasteiger partial charge in [-0.05, 0) is 122 Å². The molecule has 0 rings (SSSR count). The molecule has 0 fully saturated rings. The second kappa shape index (κ2) is 56.8. The minimum Gasteiger partial charge on any atom is -0.462 e. The number of hydrogen-bond acceptors (Lipinski definition) is 10. The number of phosphoric ester groups is 1. The number of phosphoric acid groups is 1. The number of unbranched alkanes of at least 4 members (excludes halogenated alkanes) is 13. The highest BCUT2D eigenvalue weighted by atomic mass is 31.2. The third-order valence-corrected chi connectivity index (χ3v) is 12.5. The van der Waals surface area contributed by atoms with Crippen LogP contribution >= 0.6 is 7.82 Å². The van der Waals surface area contributed by atoms with Crippen LogP contribution in [0.2, 0.25) is 0 Å². The SMILES string of the molecule is CC/C=C\C/C=C\C/C=C\C/C=C\C/C=C\CCCC(=O)OCC(COP(=O)(O)OCC(CO)OC(=O)CCCCCCC/C=C\C/C=C\CCC)OC(=O)CCCCCCCC/C=C\C/C=C\C/C=C\C/C=C\CC. The van der Waals surface area contributed by atoms with E-state index in [1.807, 2.05) is 6.08 Å². The first-order valence-corrected chi connectivity index (χ1v) is 30.6. The van der Waals surface area contributed by atoms with Gasteiger partial charge in [0.25, 0.3) is 0 Å². The van der Waals surface area contributed by atoms with Gasteiger partial charge in [-0.1, -0.05) is 206 Å². The van der Waals surface area contributed by atoms with Gasteiger partial charge in [-0.25, -0.2) is 4.57 Å². The van der Waals surface area contributed by atoms with Crippen LogP contribution in [0.3, 0.4) is 0 Å². The summed E-state index contributed by atoms with van der Waals surface area (Å²) >= 11 is 0. The van der Waals surface area contributed by atoms with Gasteiger partial charge in [0, 0.05) is 19.3 Å². The van der Waals surface area contributed by atoms with E-state index in [-0.39, 0.29) is 25.9 Å². The minimum absolute atomic E-state index is 0.131. The Bertz CT molecular complexity index is 1780. The largest absolute Gasteiger partial charge is 0.472 e. The van der Waals surface area contributed by atoms with Crippen molar-refractivity contribution in [2.24, 2.45) is 0 Å². The number of ether oxygens (including phenoxy) is 3. The lowest BCUT2D eigenvalue weighted by Gasteiger charge is -2.21. The number of aliphatic hydroxyl groups is 1. The van der Waals surface area contributed by atoms with Crippen LogP contribution in [0.25, 0.3) is 0 Å². The van der Waals surface area contributed by atoms with Crippen molar-refractivity contribution in [1.29, 1.82) is 0 Å². The van der Waals surface area contributed by atoms with E-state index in [0.29, 0.717) is 25.7 Å². The molecule has 0 aromatic rings. The van der Waals surface area contributed by atoms with E-state index in [0.717, 1.165) is 148 Å². The second-order valence-corrected chi connectivity index (χ2v) is 20.1. The Morgan fingerprint density at radius 1 is 0.382 bits per heavy atom. The van der Waals surface area contributed by atoms with Crippen molar-refractivity contribution in [3.8, 4) is 0 Å². The van der Waals surface area contributed by atoms with Crippen LogP contribution in [0.4, 0.5) is 0 Å². The highest BCUT2D eigenvalue weighted by molar-refractivity contribution is 7.47. The zero-order chi connectivity index (χ0) is 55.5. The van der Waals surface area contributed by atoms with Gasteiger partial charge in [-0.15, -0.1) is 0 Å². The summed E-state index contributed by atoms with van der Waals surface area (Å²) < 4.78 is 39.5. The van der Waals surface area contributed by atoms with Gasteiger partial charge in [0.2, 0.25) is 0 Å². The molecule has 0 aliphatic rings. The van der Waals surface area contributed by atoms with Gasteiger partial charge in [0.1, 0.15) is 12.7 Å². The third-order valence-electron chi connectivity index (χ3n) is 11.5. The van der Waals surface area contributed by atoms with Crippen LogP contribution in [0.15, 0.2) is 134 Å². The Labute approximate surface area is 461 Å². The Morgan fingerprint density at radius 2 is 0.697 bits per heavy atom. The third kappa shape index (κ3) is 54.4. The molecule has 0 bridgehead atoms. The number of allylic oxidation sites excluding steroid dienone is 22. The molecule has 0 aliphatic carbocycles. The standard InChI is InChI=1S/C64H103O11P/c1-4-7-10-13-16-19-22-25-27-29-30-32-34-37-40-43-46-49-52-55-64(68)75-61(57-71-62(66)53-50-47-44-41-38-36-33-31-28-26-23-20-17-14-11-8-5-2)59-73-76(69,70)72-58-60(56-65)74-63(67)54-51-48-45-42-39-35-24-21-18-15-12-9-6-3/h7-8,10-12,15-17,19-21,24-28,30,32-33,36,41,44,60-61,65H,4-6,9,13-14,18,22-23,29,31,34-35,37-40,42-43,45-59H2,1-3H3,(H,69,70)/b10-7-,11-8-,15-12-,19-16-,20-17-,24-21-,27-25-,28-26-,32-30-,36-33-,44-41-. The van der Waals surface area contributed by atoms with E-state index < -0.39 is 57.8 Å². The lowest BCUT2D eigenvalue weighted by atomic mass is 10.1. The van der Waals surface area contributed by atoms with Crippen LogP contribution in [0, 0.1) is 0 Å². The van der Waals surface area contributed by atoms with Crippen molar-refractivity contribution in [3.63, 3.8) is 0 Å². The summed E-state index contributed by atoms with van der Waals surface area (Å²) in [6, 6.07) is 0. The number of hydrogen-bond donors (Lipinski definition) is 2. The van der Waals surface area contributed by atoms with Crippen molar-refractivity contribution in [1.82, 2.24) is 0 Å². The fourth-order valence-corrected chi connectivity index (χ4v) is 7.97. The molecule has 3 atom stereocenters. The Kier molecular flexibility index (Phi) is 53.5. The zero-order valence-electron chi connectivity index (χ0n) is 47.4. The van der Waals surface area contributed by atoms with E-state index in [9.17, 15) is 28.9 Å². The summed E-state index contributed by atoms with van der Waals surface area (Å²) in [7, 11) is -4.78. The molecule has 430 valence electrons. The molecule has 0 amide bonds. The number of aliphatic hydroxyl groups excluding tert-OH is 1. The Balaban J connectivity index is 4.87. The normalized spacial score (nSPS) is 14.3. The van der Waals surface area contributed by atoms with E-state index in [1.54, 1.807) is 0 Å². The lowest BCUT2D eigenvalue weighted by Crippen LogP contribution is -2.30. The quantitative estimate of drug-likeness (QED) is 0.0197. The van der Waals surface area contributed by atoms with Crippen LogP contribution in [-0.4, -0.2) is 66.5 Å². The van der Waals surface area contributed by atoms with E-state index in [4.69, 9.17) is 23.3 Å². The van der Waals surface area contributed by atoms with Gasteiger partial charge in [-0.3, -0.25) is 23.4 Å². The minimum atomic E-state index is -4.78. The maximum atomic E-state index is 12.9. The van der Waals surface area contributed by atoms with Crippen LogP contribution < -0.4 is 0 Å². The van der Waals surface area contributed by atoms with Crippen molar-refractivity contribution < 1.29 is 52.2 Å². The number of rotatable bonds is 52. The molecule has 0 aromatic carbocycles. The molecule has 12 heteroatoms. The smallest absolute Gasteiger partial charge is 0.462 e. The van der Waals surface area contributed by atoms with E-state index in [2.05, 4.69) is 148 Å². The predicted molar refractivity (Wildman–Crippen MR) is 316 cm³/mol. The highest BCUT2D eigenvalue weighted by Gasteiger charge is 2.28. The molecule has 11 nitrogen and oxygen atoms in total. The average Bonchev–Trinajstić information content (AvgIpc) is 3.41. The van der Waals surface area contributed by atoms with Crippen molar-refractivity contribution in [3.05, 3.63) is 134 Å². The molecule has 0 spiro atoms. The molecule has 0 radical (unpaired) electrons. The lowest BCUT2D eigenvalue weighted by molar-refractivity contribution is -0.161. The van der Waals surface area contributed by atoms with Crippen molar-refractivity contribution >= 4 is 25.7 Å². The molecule has 0 saturated heterocycles. The topological polar surface area (TPSA) is 155 Å². The van der Waals surface area contributed by atoms with Gasteiger partial charge in [0.05, 0.1) is 19.8 Å². The molecule has 2 N–H and O–H groups in total. The first kappa shape index (κ1) is 71.6. The fourth-order valence-electron chi connectivity index (χ4n) is 7.18. The average molecular weight is 1080 g/mol. The van der Waals surface area contributed by atoms with Crippen LogP contribution in [0.1, 0.15) is 213 Å². The second-order valence-electron chi connectivity index (χ2n) is 18.7. The van der Waals surface area contributed by atoms with E-state index in [1.165, 1.54) is 0 Å². The van der Waals surface area contributed by atoms with Gasteiger partial charge >= 0.3 is 25.7 Å². The Hall–Kier alpha value is -4.38. The predicted octanol–water partition coefficient (Wildman–Crippen LogP) is 17.4. The number of esters is 3. The number of carbonyl (C=O) groups is 3. The summed E-state index contributed by atoms with van der Waals surface area (Å²) in [5.74, 6) is -1.58. The molecule has 0 heterocycles. The van der Waals surface area contributed by atoms with Crippen molar-refractivity contribution in [2.45, 2.75) is 226 Å². The summed E-state index contributed by atoms with van der Waals surface area (Å²) in [6.45, 7) is 4.24. The zero-order valence-corrected chi connectivity index (χ0v) is 48.3. The van der Waals surface area contributed by atoms with Gasteiger partial charge in [0.15, 0.2) is 6.10 Å². The first-order chi connectivity index (χ1) is 37.2. The summed E-state index contributed by atoms with van der Waals surface area (Å²) in [6.07, 6.45) is 71.3. The number of carbonyl (C=O) groups excluding carboxylic acids is 3. The maximum absolute atomic E-state index is 12.9. The van der Waals surface area contributed by atoms with Gasteiger partial charge < -0.3 is 24.2 Å².